The van der Waals surface area contributed by atoms with Gasteiger partial charge in [0.05, 0.1) is 5.54 Å². The molecule has 5 heteroatoms. The minimum absolute atomic E-state index is 0.218. The number of rotatable bonds is 3. The Hall–Kier alpha value is -1.70. The number of ether oxygens (including phenoxy) is 1. The van der Waals surface area contributed by atoms with Gasteiger partial charge < -0.3 is 10.1 Å². The van der Waals surface area contributed by atoms with E-state index in [0.717, 1.165) is 0 Å². The number of hydrogen-bond acceptors (Lipinski definition) is 3. The maximum absolute atomic E-state index is 12.2. The van der Waals surface area contributed by atoms with Crippen molar-refractivity contribution in [3.63, 3.8) is 0 Å². The highest BCUT2D eigenvalue weighted by Crippen LogP contribution is 2.22. The first-order valence-corrected chi connectivity index (χ1v) is 6.91. The molecule has 2 atom stereocenters. The van der Waals surface area contributed by atoms with Crippen LogP contribution in [-0.2, 0) is 9.53 Å². The molecule has 1 aliphatic heterocycles. The van der Waals surface area contributed by atoms with E-state index in [2.05, 4.69) is 11.2 Å². The smallest absolute Gasteiger partial charge is 0.410 e. The highest BCUT2D eigenvalue weighted by atomic mass is 16.6. The van der Waals surface area contributed by atoms with Gasteiger partial charge in [0.15, 0.2) is 0 Å². The van der Waals surface area contributed by atoms with Gasteiger partial charge in [-0.05, 0) is 40.5 Å². The van der Waals surface area contributed by atoms with Crippen LogP contribution in [-0.4, -0.2) is 40.6 Å². The molecule has 1 unspecified atom stereocenters. The molecule has 0 aromatic heterocycles. The monoisotopic (exact) mass is 280 g/mol. The number of terminal acetylenes is 1. The van der Waals surface area contributed by atoms with Crippen molar-refractivity contribution in [3.8, 4) is 12.3 Å². The van der Waals surface area contributed by atoms with Gasteiger partial charge in [-0.3, -0.25) is 9.69 Å². The molecule has 1 saturated heterocycles. The number of carbonyl (C=O) groups excluding carboxylic acids is 2. The third kappa shape index (κ3) is 3.89. The zero-order valence-corrected chi connectivity index (χ0v) is 12.9. The quantitative estimate of drug-likeness (QED) is 0.803. The fourth-order valence-corrected chi connectivity index (χ4v) is 1.78. The molecule has 20 heavy (non-hydrogen) atoms. The van der Waals surface area contributed by atoms with Crippen molar-refractivity contribution in [1.82, 2.24) is 10.2 Å². The predicted octanol–water partition coefficient (Wildman–Crippen LogP) is 1.91. The molecule has 0 saturated carbocycles. The van der Waals surface area contributed by atoms with E-state index in [0.29, 0.717) is 19.4 Å². The first-order chi connectivity index (χ1) is 9.12. The van der Waals surface area contributed by atoms with Gasteiger partial charge in [0, 0.05) is 6.54 Å². The lowest BCUT2D eigenvalue weighted by molar-refractivity contribution is -0.131. The van der Waals surface area contributed by atoms with Crippen molar-refractivity contribution in [2.75, 3.05) is 6.54 Å². The summed E-state index contributed by atoms with van der Waals surface area (Å²) >= 11 is 0. The highest BCUT2D eigenvalue weighted by Gasteiger charge is 2.41. The number of carbonyl (C=O) groups is 2. The molecular formula is C15H24N2O3. The largest absolute Gasteiger partial charge is 0.444 e. The summed E-state index contributed by atoms with van der Waals surface area (Å²) in [5.74, 6) is 2.36. The SMILES string of the molecule is C#CC(C)(CC)NC(=O)[C@H]1CCN1C(=O)OC(C)(C)C. The molecule has 0 aromatic rings. The van der Waals surface area contributed by atoms with Crippen molar-refractivity contribution >= 4 is 12.0 Å². The molecule has 1 rings (SSSR count). The Labute approximate surface area is 121 Å². The third-order valence-corrected chi connectivity index (χ3v) is 3.38. The standard InChI is InChI=1S/C15H24N2O3/c1-7-15(6,8-2)16-12(18)11-9-10-17(11)13(19)20-14(3,4)5/h1,11H,8-10H2,2-6H3,(H,16,18)/t11-,15?/m1/s1. The van der Waals surface area contributed by atoms with Crippen LogP contribution in [0.15, 0.2) is 0 Å². The molecule has 0 spiro atoms. The molecule has 5 nitrogen and oxygen atoms in total. The second kappa shape index (κ2) is 5.74. The van der Waals surface area contributed by atoms with Crippen LogP contribution in [0.2, 0.25) is 0 Å². The molecule has 112 valence electrons. The third-order valence-electron chi connectivity index (χ3n) is 3.38. The Balaban J connectivity index is 2.63. The number of nitrogens with zero attached hydrogens (tertiary/aromatic N) is 1. The van der Waals surface area contributed by atoms with Crippen LogP contribution in [0.25, 0.3) is 0 Å². The van der Waals surface area contributed by atoms with Crippen LogP contribution in [0.3, 0.4) is 0 Å². The Morgan fingerprint density at radius 1 is 1.40 bits per heavy atom. The lowest BCUT2D eigenvalue weighted by Gasteiger charge is -2.41. The summed E-state index contributed by atoms with van der Waals surface area (Å²) in [7, 11) is 0. The fraction of sp³-hybridized carbons (Fsp3) is 0.733. The second-order valence-electron chi connectivity index (χ2n) is 6.30. The highest BCUT2D eigenvalue weighted by molar-refractivity contribution is 5.88. The van der Waals surface area contributed by atoms with Crippen molar-refractivity contribution in [2.24, 2.45) is 0 Å². The van der Waals surface area contributed by atoms with Gasteiger partial charge in [-0.1, -0.05) is 12.8 Å². The summed E-state index contributed by atoms with van der Waals surface area (Å²) in [6.45, 7) is 9.63. The van der Waals surface area contributed by atoms with E-state index in [9.17, 15) is 9.59 Å². The molecule has 1 heterocycles. The molecule has 0 radical (unpaired) electrons. The summed E-state index contributed by atoms with van der Waals surface area (Å²) in [6.07, 6.45) is 6.25. The molecule has 0 aromatic carbocycles. The average molecular weight is 280 g/mol. The number of amides is 2. The first kappa shape index (κ1) is 16.4. The summed E-state index contributed by atoms with van der Waals surface area (Å²) in [4.78, 5) is 25.6. The lowest BCUT2D eigenvalue weighted by Crippen LogP contribution is -2.61. The number of nitrogens with one attached hydrogen (secondary N) is 1. The zero-order valence-electron chi connectivity index (χ0n) is 12.9. The van der Waals surface area contributed by atoms with E-state index in [-0.39, 0.29) is 5.91 Å². The lowest BCUT2D eigenvalue weighted by atomic mass is 9.97. The fourth-order valence-electron chi connectivity index (χ4n) is 1.78. The van der Waals surface area contributed by atoms with Crippen LogP contribution in [0, 0.1) is 12.3 Å². The van der Waals surface area contributed by atoms with Crippen LogP contribution >= 0.6 is 0 Å². The van der Waals surface area contributed by atoms with Crippen molar-refractivity contribution in [1.29, 1.82) is 0 Å². The van der Waals surface area contributed by atoms with Gasteiger partial charge in [0.2, 0.25) is 5.91 Å². The van der Waals surface area contributed by atoms with E-state index < -0.39 is 23.3 Å². The van der Waals surface area contributed by atoms with Crippen LogP contribution in [0.5, 0.6) is 0 Å². The maximum atomic E-state index is 12.2. The topological polar surface area (TPSA) is 58.6 Å². The normalized spacial score (nSPS) is 21.2. The van der Waals surface area contributed by atoms with Gasteiger partial charge in [-0.25, -0.2) is 4.79 Å². The predicted molar refractivity (Wildman–Crippen MR) is 77.0 cm³/mol. The zero-order chi connectivity index (χ0) is 15.6. The van der Waals surface area contributed by atoms with Crippen molar-refractivity contribution in [3.05, 3.63) is 0 Å². The van der Waals surface area contributed by atoms with Gasteiger partial charge in [0.1, 0.15) is 11.6 Å². The van der Waals surface area contributed by atoms with Gasteiger partial charge in [0.25, 0.3) is 0 Å². The van der Waals surface area contributed by atoms with Crippen LogP contribution < -0.4 is 5.32 Å². The molecule has 2 amide bonds. The Kier molecular flexibility index (Phi) is 4.69. The summed E-state index contributed by atoms with van der Waals surface area (Å²) < 4.78 is 5.27. The Morgan fingerprint density at radius 3 is 2.35 bits per heavy atom. The van der Waals surface area contributed by atoms with Gasteiger partial charge in [-0.2, -0.15) is 0 Å². The van der Waals surface area contributed by atoms with Crippen molar-refractivity contribution < 1.29 is 14.3 Å². The average Bonchev–Trinajstić information content (AvgIpc) is 2.24. The minimum Gasteiger partial charge on any atom is -0.444 e. The van der Waals surface area contributed by atoms with E-state index >= 15 is 0 Å². The molecule has 0 aliphatic carbocycles. The molecule has 0 bridgehead atoms. The van der Waals surface area contributed by atoms with E-state index in [4.69, 9.17) is 11.2 Å². The second-order valence-corrected chi connectivity index (χ2v) is 6.30. The van der Waals surface area contributed by atoms with E-state index in [1.165, 1.54) is 4.90 Å². The van der Waals surface area contributed by atoms with Gasteiger partial charge >= 0.3 is 6.09 Å². The van der Waals surface area contributed by atoms with E-state index in [1.54, 1.807) is 27.7 Å². The molecule has 1 fully saturated rings. The van der Waals surface area contributed by atoms with Crippen molar-refractivity contribution in [2.45, 2.75) is 64.6 Å². The number of hydrogen-bond donors (Lipinski definition) is 1. The number of likely N-dealkylation sites (tertiary alicyclic amines) is 1. The summed E-state index contributed by atoms with van der Waals surface area (Å²) in [5, 5.41) is 2.82. The van der Waals surface area contributed by atoms with Gasteiger partial charge in [-0.15, -0.1) is 6.42 Å². The molecule has 1 aliphatic rings. The summed E-state index contributed by atoms with van der Waals surface area (Å²) in [6, 6.07) is -0.482. The van der Waals surface area contributed by atoms with Crippen LogP contribution in [0.1, 0.15) is 47.5 Å². The minimum atomic E-state index is -0.674. The van der Waals surface area contributed by atoms with Crippen LogP contribution in [0.4, 0.5) is 4.79 Å². The molecule has 1 N–H and O–H groups in total. The first-order valence-electron chi connectivity index (χ1n) is 6.91. The Morgan fingerprint density at radius 2 is 2.00 bits per heavy atom. The van der Waals surface area contributed by atoms with E-state index in [1.807, 2.05) is 6.92 Å². The Bertz CT molecular complexity index is 433. The maximum Gasteiger partial charge on any atom is 0.410 e. The summed E-state index contributed by atoms with van der Waals surface area (Å²) in [5.41, 5.74) is -1.24. The molecular weight excluding hydrogens is 256 g/mol.